The largest absolute Gasteiger partial charge is 0.505 e. The Balaban J connectivity index is 1.82. The molecule has 2 aromatic rings. The molecule has 1 fully saturated rings. The van der Waals surface area contributed by atoms with Crippen molar-refractivity contribution in [2.45, 2.75) is 39.2 Å². The average molecular weight is 373 g/mol. The van der Waals surface area contributed by atoms with Crippen LogP contribution < -0.4 is 15.5 Å². The molecule has 1 aliphatic heterocycles. The highest BCUT2D eigenvalue weighted by atomic mass is 19.1. The van der Waals surface area contributed by atoms with Crippen LogP contribution in [0.5, 0.6) is 5.75 Å². The fraction of sp³-hybridized carbons (Fsp3) is 0.421. The quantitative estimate of drug-likeness (QED) is 0.721. The van der Waals surface area contributed by atoms with Gasteiger partial charge in [0.05, 0.1) is 0 Å². The van der Waals surface area contributed by atoms with Gasteiger partial charge in [-0.05, 0) is 25.0 Å². The number of carbonyl (C=O) groups excluding carboxylic acids is 1. The Kier molecular flexibility index (Phi) is 5.73. The van der Waals surface area contributed by atoms with E-state index in [1.54, 1.807) is 0 Å². The van der Waals surface area contributed by atoms with Gasteiger partial charge >= 0.3 is 0 Å². The molecule has 0 spiro atoms. The number of rotatable bonds is 6. The summed E-state index contributed by atoms with van der Waals surface area (Å²) in [5.74, 6) is 0.0420. The molecule has 1 amide bonds. The molecular weight excluding hydrogens is 349 g/mol. The summed E-state index contributed by atoms with van der Waals surface area (Å²) in [5, 5.41) is 15.5. The second kappa shape index (κ2) is 8.20. The first-order valence-electron chi connectivity index (χ1n) is 9.10. The summed E-state index contributed by atoms with van der Waals surface area (Å²) in [4.78, 5) is 22.5. The zero-order valence-corrected chi connectivity index (χ0v) is 15.5. The summed E-state index contributed by atoms with van der Waals surface area (Å²) in [7, 11) is 0. The van der Waals surface area contributed by atoms with Crippen LogP contribution in [-0.4, -0.2) is 40.1 Å². The lowest BCUT2D eigenvalue weighted by molar-refractivity contribution is -0.119. The van der Waals surface area contributed by atoms with Crippen molar-refractivity contribution in [3.05, 3.63) is 35.8 Å². The average Bonchev–Trinajstić information content (AvgIpc) is 3.06. The van der Waals surface area contributed by atoms with E-state index < -0.39 is 11.6 Å². The van der Waals surface area contributed by atoms with E-state index in [0.717, 1.165) is 37.3 Å². The molecule has 1 atom stereocenters. The van der Waals surface area contributed by atoms with E-state index in [4.69, 9.17) is 0 Å². The molecule has 0 bridgehead atoms. The zero-order chi connectivity index (χ0) is 19.4. The monoisotopic (exact) mass is 373 g/mol. The normalized spacial score (nSPS) is 16.4. The summed E-state index contributed by atoms with van der Waals surface area (Å²) >= 11 is 0. The number of phenolic OH excluding ortho intramolecular Hbond substituents is 1. The van der Waals surface area contributed by atoms with Crippen LogP contribution in [0.25, 0.3) is 0 Å². The van der Waals surface area contributed by atoms with Gasteiger partial charge in [-0.2, -0.15) is 4.98 Å². The Morgan fingerprint density at radius 1 is 1.37 bits per heavy atom. The van der Waals surface area contributed by atoms with Crippen LogP contribution in [0.15, 0.2) is 24.3 Å². The molecule has 7 nitrogen and oxygen atoms in total. The molecule has 144 valence electrons. The third kappa shape index (κ3) is 4.84. The summed E-state index contributed by atoms with van der Waals surface area (Å²) < 4.78 is 13.3. The minimum absolute atomic E-state index is 0.0327. The van der Waals surface area contributed by atoms with E-state index in [0.29, 0.717) is 18.2 Å². The molecule has 3 rings (SSSR count). The molecule has 0 radical (unpaired) electrons. The number of phenols is 1. The van der Waals surface area contributed by atoms with Crippen LogP contribution in [0.2, 0.25) is 0 Å². The lowest BCUT2D eigenvalue weighted by Crippen LogP contribution is -2.35. The maximum atomic E-state index is 13.3. The number of anilines is 3. The maximum Gasteiger partial charge on any atom is 0.229 e. The molecule has 0 unspecified atom stereocenters. The van der Waals surface area contributed by atoms with Crippen LogP contribution in [0.3, 0.4) is 0 Å². The van der Waals surface area contributed by atoms with Gasteiger partial charge in [0.25, 0.3) is 0 Å². The smallest absolute Gasteiger partial charge is 0.229 e. The van der Waals surface area contributed by atoms with Gasteiger partial charge < -0.3 is 20.6 Å². The van der Waals surface area contributed by atoms with Crippen molar-refractivity contribution in [2.75, 3.05) is 23.3 Å². The van der Waals surface area contributed by atoms with Gasteiger partial charge in [0.15, 0.2) is 11.6 Å². The summed E-state index contributed by atoms with van der Waals surface area (Å²) in [6.45, 7) is 5.09. The highest BCUT2D eigenvalue weighted by Crippen LogP contribution is 2.25. The molecule has 27 heavy (non-hydrogen) atoms. The van der Waals surface area contributed by atoms with Gasteiger partial charge in [-0.15, -0.1) is 0 Å². The van der Waals surface area contributed by atoms with Crippen LogP contribution in [0, 0.1) is 5.82 Å². The summed E-state index contributed by atoms with van der Waals surface area (Å²) in [5.41, 5.74) is 1.41. The van der Waals surface area contributed by atoms with Crippen LogP contribution in [-0.2, 0) is 11.2 Å². The van der Waals surface area contributed by atoms with E-state index in [1.807, 2.05) is 6.07 Å². The number of benzene rings is 1. The Hall–Kier alpha value is -2.90. The molecule has 8 heteroatoms. The predicted molar refractivity (Wildman–Crippen MR) is 102 cm³/mol. The van der Waals surface area contributed by atoms with Crippen molar-refractivity contribution in [2.24, 2.45) is 0 Å². The van der Waals surface area contributed by atoms with Crippen molar-refractivity contribution >= 4 is 23.4 Å². The van der Waals surface area contributed by atoms with Crippen molar-refractivity contribution in [3.8, 4) is 5.75 Å². The lowest BCUT2D eigenvalue weighted by Gasteiger charge is -2.19. The second-order valence-corrected chi connectivity index (χ2v) is 6.71. The highest BCUT2D eigenvalue weighted by molar-refractivity contribution is 5.73. The highest BCUT2D eigenvalue weighted by Gasteiger charge is 2.24. The minimum atomic E-state index is -0.678. The van der Waals surface area contributed by atoms with E-state index >= 15 is 0 Å². The number of aromatic nitrogens is 2. The number of aryl methyl sites for hydroxylation is 1. The van der Waals surface area contributed by atoms with Crippen LogP contribution in [0.4, 0.5) is 21.8 Å². The number of hydrogen-bond donors (Lipinski definition) is 3. The first-order valence-corrected chi connectivity index (χ1v) is 9.10. The number of hydrogen-bond acceptors (Lipinski definition) is 6. The molecule has 1 aliphatic rings. The van der Waals surface area contributed by atoms with E-state index in [-0.39, 0.29) is 11.9 Å². The molecule has 1 aromatic heterocycles. The molecule has 3 N–H and O–H groups in total. The topological polar surface area (TPSA) is 90.4 Å². The summed E-state index contributed by atoms with van der Waals surface area (Å²) in [6, 6.07) is 6.08. The minimum Gasteiger partial charge on any atom is -0.505 e. The van der Waals surface area contributed by atoms with Gasteiger partial charge in [-0.1, -0.05) is 13.3 Å². The summed E-state index contributed by atoms with van der Waals surface area (Å²) in [6.07, 6.45) is 2.62. The Morgan fingerprint density at radius 3 is 2.89 bits per heavy atom. The van der Waals surface area contributed by atoms with Crippen molar-refractivity contribution in [1.29, 1.82) is 0 Å². The van der Waals surface area contributed by atoms with Crippen molar-refractivity contribution in [1.82, 2.24) is 15.3 Å². The molecule has 2 heterocycles. The molecule has 0 aliphatic carbocycles. The van der Waals surface area contributed by atoms with Gasteiger partial charge in [0.2, 0.25) is 11.9 Å². The fourth-order valence-electron chi connectivity index (χ4n) is 3.18. The molecule has 0 saturated carbocycles. The fourth-order valence-corrected chi connectivity index (χ4v) is 3.18. The number of nitrogens with zero attached hydrogens (tertiary/aromatic N) is 3. The van der Waals surface area contributed by atoms with E-state index in [1.165, 1.54) is 25.1 Å². The van der Waals surface area contributed by atoms with Crippen LogP contribution in [0.1, 0.15) is 32.4 Å². The lowest BCUT2D eigenvalue weighted by atomic mass is 10.2. The number of nitrogens with one attached hydrogen (secondary N) is 2. The number of halogens is 1. The number of amides is 1. The molecule has 1 saturated heterocycles. The van der Waals surface area contributed by atoms with Gasteiger partial charge in [-0.25, -0.2) is 9.37 Å². The first kappa shape index (κ1) is 18.9. The standard InChI is InChI=1S/C19H24FN5O2/c1-3-4-13-10-18(25-8-7-15(11-25)21-12(2)26)24-19(22-13)23-14-5-6-16(20)17(27)9-14/h5-6,9-10,15,27H,3-4,7-8,11H2,1-2H3,(H,21,26)(H,22,23,24)/t15-/m0/s1. The third-order valence-corrected chi connectivity index (χ3v) is 4.39. The second-order valence-electron chi connectivity index (χ2n) is 6.71. The first-order chi connectivity index (χ1) is 12.9. The van der Waals surface area contributed by atoms with Crippen molar-refractivity contribution in [3.63, 3.8) is 0 Å². The Bertz CT molecular complexity index is 830. The number of carbonyl (C=O) groups is 1. The van der Waals surface area contributed by atoms with E-state index in [2.05, 4.69) is 32.4 Å². The van der Waals surface area contributed by atoms with Crippen LogP contribution >= 0.6 is 0 Å². The predicted octanol–water partition coefficient (Wildman–Crippen LogP) is 2.73. The van der Waals surface area contributed by atoms with Gasteiger partial charge in [0.1, 0.15) is 5.82 Å². The van der Waals surface area contributed by atoms with Gasteiger partial charge in [-0.3, -0.25) is 4.79 Å². The molecular formula is C19H24FN5O2. The Labute approximate surface area is 157 Å². The maximum absolute atomic E-state index is 13.3. The Morgan fingerprint density at radius 2 is 2.19 bits per heavy atom. The van der Waals surface area contributed by atoms with Gasteiger partial charge in [0, 0.05) is 49.6 Å². The SMILES string of the molecule is CCCc1cc(N2CC[C@H](NC(C)=O)C2)nc(Nc2ccc(F)c(O)c2)n1. The number of aromatic hydroxyl groups is 1. The van der Waals surface area contributed by atoms with E-state index in [9.17, 15) is 14.3 Å². The van der Waals surface area contributed by atoms with Crippen molar-refractivity contribution < 1.29 is 14.3 Å². The molecule has 1 aromatic carbocycles. The zero-order valence-electron chi connectivity index (χ0n) is 15.5. The third-order valence-electron chi connectivity index (χ3n) is 4.39.